The van der Waals surface area contributed by atoms with Crippen LogP contribution in [0.5, 0.6) is 5.75 Å². The fraction of sp³-hybridized carbons (Fsp3) is 0.308. The predicted octanol–water partition coefficient (Wildman–Crippen LogP) is 3.52. The van der Waals surface area contributed by atoms with Crippen LogP contribution in [0.4, 0.5) is 4.39 Å². The minimum atomic E-state index is -0.364. The molecule has 0 spiro atoms. The van der Waals surface area contributed by atoms with Crippen LogP contribution in [-0.4, -0.2) is 18.0 Å². The molecule has 0 aliphatic carbocycles. The Hall–Kier alpha value is -1.29. The van der Waals surface area contributed by atoms with Crippen LogP contribution in [-0.2, 0) is 4.79 Å². The Morgan fingerprint density at radius 2 is 2.29 bits per heavy atom. The van der Waals surface area contributed by atoms with Crippen molar-refractivity contribution in [3.05, 3.63) is 35.7 Å². The minimum Gasteiger partial charge on any atom is -0.494 e. The average molecular weight is 254 g/mol. The molecule has 0 aliphatic rings. The molecule has 2 nitrogen and oxygen atoms in total. The summed E-state index contributed by atoms with van der Waals surface area (Å²) in [6.07, 6.45) is 4.66. The number of benzene rings is 1. The molecular weight excluding hydrogens is 239 g/mol. The van der Waals surface area contributed by atoms with E-state index in [2.05, 4.69) is 0 Å². The molecule has 0 heterocycles. The Labute approximate surface area is 105 Å². The molecule has 0 saturated carbocycles. The van der Waals surface area contributed by atoms with E-state index in [0.717, 1.165) is 17.7 Å². The van der Waals surface area contributed by atoms with E-state index in [0.29, 0.717) is 0 Å². The summed E-state index contributed by atoms with van der Waals surface area (Å²) in [5.74, 6) is 0.645. The van der Waals surface area contributed by atoms with E-state index in [1.165, 1.54) is 24.9 Å². The van der Waals surface area contributed by atoms with E-state index in [1.807, 2.05) is 12.2 Å². The van der Waals surface area contributed by atoms with Crippen LogP contribution in [0, 0.1) is 5.82 Å². The number of carbonyl (C=O) groups is 1. The van der Waals surface area contributed by atoms with Crippen molar-refractivity contribution in [2.75, 3.05) is 12.9 Å². The second-order valence-electron chi connectivity index (χ2n) is 3.43. The first-order valence-corrected chi connectivity index (χ1v) is 6.25. The van der Waals surface area contributed by atoms with Gasteiger partial charge in [-0.25, -0.2) is 4.39 Å². The molecule has 17 heavy (non-hydrogen) atoms. The molecule has 1 rings (SSSR count). The van der Waals surface area contributed by atoms with Crippen molar-refractivity contribution in [3.8, 4) is 5.75 Å². The molecule has 0 radical (unpaired) electrons. The Balaban J connectivity index is 2.50. The van der Waals surface area contributed by atoms with E-state index >= 15 is 0 Å². The lowest BCUT2D eigenvalue weighted by atomic mass is 10.2. The Morgan fingerprint density at radius 3 is 2.94 bits per heavy atom. The second-order valence-corrected chi connectivity index (χ2v) is 4.70. The molecule has 0 aromatic heterocycles. The van der Waals surface area contributed by atoms with Crippen LogP contribution in [0.1, 0.15) is 18.9 Å². The minimum absolute atomic E-state index is 0.127. The van der Waals surface area contributed by atoms with Crippen molar-refractivity contribution in [2.45, 2.75) is 13.3 Å². The zero-order valence-corrected chi connectivity index (χ0v) is 10.7. The van der Waals surface area contributed by atoms with Crippen molar-refractivity contribution < 1.29 is 13.9 Å². The average Bonchev–Trinajstić information content (AvgIpc) is 2.30. The summed E-state index contributed by atoms with van der Waals surface area (Å²) in [6, 6.07) is 4.71. The van der Waals surface area contributed by atoms with Crippen LogP contribution >= 0.6 is 11.8 Å². The third kappa shape index (κ3) is 5.04. The molecule has 0 atom stereocenters. The molecule has 0 N–H and O–H groups in total. The number of methoxy groups -OCH3 is 1. The summed E-state index contributed by atoms with van der Waals surface area (Å²) in [5, 5.41) is 0.127. The van der Waals surface area contributed by atoms with Gasteiger partial charge in [0.05, 0.1) is 7.11 Å². The number of halogens is 1. The smallest absolute Gasteiger partial charge is 0.185 e. The first-order valence-electron chi connectivity index (χ1n) is 5.27. The maximum atomic E-state index is 13.1. The monoisotopic (exact) mass is 254 g/mol. The van der Waals surface area contributed by atoms with Crippen LogP contribution in [0.15, 0.2) is 24.3 Å². The van der Waals surface area contributed by atoms with Crippen molar-refractivity contribution in [2.24, 2.45) is 0 Å². The zero-order chi connectivity index (χ0) is 12.7. The molecule has 1 aromatic rings. The summed E-state index contributed by atoms with van der Waals surface area (Å²) >= 11 is 1.30. The highest BCUT2D eigenvalue weighted by atomic mass is 32.2. The summed E-state index contributed by atoms with van der Waals surface area (Å²) < 4.78 is 18.0. The number of hydrogen-bond donors (Lipinski definition) is 0. The lowest BCUT2D eigenvalue weighted by Crippen LogP contribution is -1.88. The van der Waals surface area contributed by atoms with Gasteiger partial charge in [-0.3, -0.25) is 4.79 Å². The van der Waals surface area contributed by atoms with E-state index < -0.39 is 0 Å². The van der Waals surface area contributed by atoms with Crippen molar-refractivity contribution in [3.63, 3.8) is 0 Å². The van der Waals surface area contributed by atoms with Gasteiger partial charge in [0.2, 0.25) is 0 Å². The number of allylic oxidation sites excluding steroid dienone is 1. The summed E-state index contributed by atoms with van der Waals surface area (Å²) in [6.45, 7) is 1.55. The molecule has 92 valence electrons. The van der Waals surface area contributed by atoms with Crippen molar-refractivity contribution in [1.82, 2.24) is 0 Å². The quantitative estimate of drug-likeness (QED) is 0.752. The largest absolute Gasteiger partial charge is 0.494 e. The lowest BCUT2D eigenvalue weighted by molar-refractivity contribution is -0.109. The Morgan fingerprint density at radius 1 is 1.53 bits per heavy atom. The van der Waals surface area contributed by atoms with E-state index in [1.54, 1.807) is 19.1 Å². The van der Waals surface area contributed by atoms with Gasteiger partial charge in [0.1, 0.15) is 0 Å². The van der Waals surface area contributed by atoms with Gasteiger partial charge in [-0.05, 0) is 24.1 Å². The van der Waals surface area contributed by atoms with Crippen molar-refractivity contribution >= 4 is 23.0 Å². The maximum absolute atomic E-state index is 13.1. The number of hydrogen-bond acceptors (Lipinski definition) is 3. The van der Waals surface area contributed by atoms with Gasteiger partial charge >= 0.3 is 0 Å². The summed E-state index contributed by atoms with van der Waals surface area (Å²) in [5.41, 5.74) is 0.885. The van der Waals surface area contributed by atoms with Crippen LogP contribution in [0.2, 0.25) is 0 Å². The highest BCUT2D eigenvalue weighted by molar-refractivity contribution is 8.13. The highest BCUT2D eigenvalue weighted by Gasteiger charge is 2.01. The number of rotatable bonds is 5. The molecule has 4 heteroatoms. The third-order valence-corrected chi connectivity index (χ3v) is 2.92. The fourth-order valence-electron chi connectivity index (χ4n) is 1.27. The molecule has 0 saturated heterocycles. The van der Waals surface area contributed by atoms with Crippen LogP contribution < -0.4 is 4.74 Å². The van der Waals surface area contributed by atoms with Crippen LogP contribution in [0.3, 0.4) is 0 Å². The Kier molecular flexibility index (Phi) is 5.77. The molecule has 0 amide bonds. The third-order valence-electron chi connectivity index (χ3n) is 2.08. The molecular formula is C13H15FO2S. The fourth-order valence-corrected chi connectivity index (χ4v) is 1.81. The van der Waals surface area contributed by atoms with Gasteiger partial charge in [-0.15, -0.1) is 0 Å². The van der Waals surface area contributed by atoms with Crippen molar-refractivity contribution in [1.29, 1.82) is 0 Å². The standard InChI is InChI=1S/C13H15FO2S/c1-10(15)17-8-4-3-5-11-6-7-12(14)13(9-11)16-2/h3,5-7,9H,4,8H2,1-2H3. The SMILES string of the molecule is COc1cc(C=CCCSC(C)=O)ccc1F. The lowest BCUT2D eigenvalue weighted by Gasteiger charge is -2.02. The van der Waals surface area contributed by atoms with Gasteiger partial charge in [-0.2, -0.15) is 0 Å². The summed E-state index contributed by atoms with van der Waals surface area (Å²) in [4.78, 5) is 10.7. The van der Waals surface area contributed by atoms with Crippen LogP contribution in [0.25, 0.3) is 6.08 Å². The normalized spacial score (nSPS) is 10.8. The second kappa shape index (κ2) is 7.12. The van der Waals surface area contributed by atoms with Gasteiger partial charge in [-0.1, -0.05) is 30.0 Å². The number of thioether (sulfide) groups is 1. The van der Waals surface area contributed by atoms with E-state index in [4.69, 9.17) is 4.74 Å². The molecule has 1 aromatic carbocycles. The van der Waals surface area contributed by atoms with Gasteiger partial charge in [0, 0.05) is 12.7 Å². The maximum Gasteiger partial charge on any atom is 0.185 e. The molecule has 0 fully saturated rings. The summed E-state index contributed by atoms with van der Waals surface area (Å²) in [7, 11) is 1.44. The Bertz CT molecular complexity index is 416. The predicted molar refractivity (Wildman–Crippen MR) is 69.7 cm³/mol. The zero-order valence-electron chi connectivity index (χ0n) is 9.90. The van der Waals surface area contributed by atoms with E-state index in [-0.39, 0.29) is 16.7 Å². The van der Waals surface area contributed by atoms with Gasteiger partial charge in [0.15, 0.2) is 16.7 Å². The first kappa shape index (κ1) is 13.8. The number of carbonyl (C=O) groups excluding carboxylic acids is 1. The van der Waals surface area contributed by atoms with E-state index in [9.17, 15) is 9.18 Å². The highest BCUT2D eigenvalue weighted by Crippen LogP contribution is 2.19. The molecule has 0 aliphatic heterocycles. The first-order chi connectivity index (χ1) is 8.13. The van der Waals surface area contributed by atoms with Gasteiger partial charge < -0.3 is 4.74 Å². The molecule has 0 bridgehead atoms. The topological polar surface area (TPSA) is 26.3 Å². The molecule has 0 unspecified atom stereocenters. The van der Waals surface area contributed by atoms with Gasteiger partial charge in [0.25, 0.3) is 0 Å². The number of ether oxygens (including phenoxy) is 1.